The number of hydrogen-bond acceptors (Lipinski definition) is 2. The van der Waals surface area contributed by atoms with Gasteiger partial charge in [-0.2, -0.15) is 0 Å². The quantitative estimate of drug-likeness (QED) is 0.694. The van der Waals surface area contributed by atoms with Gasteiger partial charge in [0, 0.05) is 0 Å². The van der Waals surface area contributed by atoms with E-state index in [4.69, 9.17) is 0 Å². The second-order valence-corrected chi connectivity index (χ2v) is 8.35. The zero-order chi connectivity index (χ0) is 17.4. The summed E-state index contributed by atoms with van der Waals surface area (Å²) >= 11 is 0. The van der Waals surface area contributed by atoms with Crippen LogP contribution in [0.4, 0.5) is 0 Å². The number of hydrogen-bond donors (Lipinski definition) is 0. The molecule has 0 aromatic heterocycles. The van der Waals surface area contributed by atoms with E-state index in [2.05, 4.69) is 26.8 Å². The molecule has 0 spiro atoms. The van der Waals surface area contributed by atoms with Crippen molar-refractivity contribution < 1.29 is 9.59 Å². The molecule has 23 heavy (non-hydrogen) atoms. The van der Waals surface area contributed by atoms with Crippen molar-refractivity contribution in [1.29, 1.82) is 0 Å². The minimum absolute atomic E-state index is 0.194. The van der Waals surface area contributed by atoms with E-state index in [1.807, 2.05) is 51.1 Å². The highest BCUT2D eigenvalue weighted by Crippen LogP contribution is 2.45. The van der Waals surface area contributed by atoms with E-state index in [1.165, 1.54) is 0 Å². The number of carbonyl (C=O) groups excluding carboxylic acids is 2. The fourth-order valence-corrected chi connectivity index (χ4v) is 3.12. The van der Waals surface area contributed by atoms with Crippen LogP contribution in [-0.4, -0.2) is 11.6 Å². The number of carbonyl (C=O) groups is 2. The number of ketones is 2. The summed E-state index contributed by atoms with van der Waals surface area (Å²) in [4.78, 5) is 24.9. The highest BCUT2D eigenvalue weighted by molar-refractivity contribution is 6.44. The van der Waals surface area contributed by atoms with E-state index in [0.717, 1.165) is 16.7 Å². The Morgan fingerprint density at radius 2 is 1.48 bits per heavy atom. The van der Waals surface area contributed by atoms with Crippen LogP contribution >= 0.6 is 0 Å². The Morgan fingerprint density at radius 3 is 1.96 bits per heavy atom. The zero-order valence-corrected chi connectivity index (χ0v) is 14.9. The maximum Gasteiger partial charge on any atom is 0.222 e. The SMILES string of the molecule is CC(C)(C)C1=CC(=O)C(=O)C(C(C)(C)C)C1=Cc1ccccc1. The molecule has 1 aliphatic rings. The summed E-state index contributed by atoms with van der Waals surface area (Å²) in [5.74, 6) is -1.08. The number of allylic oxidation sites excluding steroid dienone is 3. The Kier molecular flexibility index (Phi) is 4.48. The van der Waals surface area contributed by atoms with Crippen LogP contribution in [0, 0.1) is 16.7 Å². The summed E-state index contributed by atoms with van der Waals surface area (Å²) < 4.78 is 0. The molecule has 0 aliphatic heterocycles. The van der Waals surface area contributed by atoms with Gasteiger partial charge in [-0.05, 0) is 33.6 Å². The molecule has 0 saturated carbocycles. The maximum absolute atomic E-state index is 12.6. The largest absolute Gasteiger partial charge is 0.290 e. The molecule has 1 aromatic carbocycles. The van der Waals surface area contributed by atoms with Gasteiger partial charge in [0.1, 0.15) is 0 Å². The van der Waals surface area contributed by atoms with Gasteiger partial charge in [-0.3, -0.25) is 9.59 Å². The Bertz CT molecular complexity index is 677. The minimum atomic E-state index is -0.408. The molecule has 0 heterocycles. The van der Waals surface area contributed by atoms with E-state index in [1.54, 1.807) is 6.08 Å². The molecule has 1 aromatic rings. The van der Waals surface area contributed by atoms with Crippen LogP contribution in [-0.2, 0) is 9.59 Å². The normalized spacial score (nSPS) is 21.6. The Morgan fingerprint density at radius 1 is 0.913 bits per heavy atom. The van der Waals surface area contributed by atoms with Crippen molar-refractivity contribution in [3.05, 3.63) is 53.1 Å². The van der Waals surface area contributed by atoms with Gasteiger partial charge in [-0.15, -0.1) is 0 Å². The third-order valence-corrected chi connectivity index (χ3v) is 4.20. The van der Waals surface area contributed by atoms with Crippen LogP contribution < -0.4 is 0 Å². The van der Waals surface area contributed by atoms with E-state index in [0.29, 0.717) is 0 Å². The lowest BCUT2D eigenvalue weighted by molar-refractivity contribution is -0.138. The van der Waals surface area contributed by atoms with Crippen molar-refractivity contribution >= 4 is 17.6 Å². The first-order valence-corrected chi connectivity index (χ1v) is 8.09. The lowest BCUT2D eigenvalue weighted by Gasteiger charge is -2.38. The van der Waals surface area contributed by atoms with Crippen LogP contribution in [0.25, 0.3) is 6.08 Å². The van der Waals surface area contributed by atoms with E-state index >= 15 is 0 Å². The molecule has 2 rings (SSSR count). The minimum Gasteiger partial charge on any atom is -0.290 e. The molecule has 0 amide bonds. The Balaban J connectivity index is 2.71. The average molecular weight is 310 g/mol. The third kappa shape index (κ3) is 3.69. The second kappa shape index (κ2) is 5.92. The zero-order valence-electron chi connectivity index (χ0n) is 14.9. The third-order valence-electron chi connectivity index (χ3n) is 4.20. The van der Waals surface area contributed by atoms with Crippen LogP contribution in [0.5, 0.6) is 0 Å². The molecule has 0 N–H and O–H groups in total. The monoisotopic (exact) mass is 310 g/mol. The summed E-state index contributed by atoms with van der Waals surface area (Å²) in [6, 6.07) is 9.98. The lowest BCUT2D eigenvalue weighted by atomic mass is 9.64. The van der Waals surface area contributed by atoms with Crippen molar-refractivity contribution in [1.82, 2.24) is 0 Å². The van der Waals surface area contributed by atoms with E-state index in [9.17, 15) is 9.59 Å². The first-order chi connectivity index (χ1) is 10.5. The van der Waals surface area contributed by atoms with Crippen LogP contribution in [0.2, 0.25) is 0 Å². The molecule has 2 nitrogen and oxygen atoms in total. The molecule has 1 atom stereocenters. The molecule has 0 saturated heterocycles. The average Bonchev–Trinajstić information content (AvgIpc) is 2.41. The van der Waals surface area contributed by atoms with Crippen LogP contribution in [0.15, 0.2) is 47.6 Å². The molecular weight excluding hydrogens is 284 g/mol. The van der Waals surface area contributed by atoms with Crippen molar-refractivity contribution in [3.8, 4) is 0 Å². The van der Waals surface area contributed by atoms with Gasteiger partial charge in [-0.1, -0.05) is 78.0 Å². The molecule has 2 heteroatoms. The molecule has 1 unspecified atom stereocenters. The first kappa shape index (κ1) is 17.4. The Labute approximate surface area is 139 Å². The highest BCUT2D eigenvalue weighted by atomic mass is 16.2. The smallest absolute Gasteiger partial charge is 0.222 e. The molecule has 0 bridgehead atoms. The van der Waals surface area contributed by atoms with Gasteiger partial charge in [0.2, 0.25) is 11.6 Å². The number of Topliss-reactive ketones (excluding diaryl/α,β-unsaturated/α-hetero) is 1. The first-order valence-electron chi connectivity index (χ1n) is 8.09. The standard InChI is InChI=1S/C21H26O2/c1-20(2,3)16-13-17(22)19(23)18(21(4,5)6)15(16)12-14-10-8-7-9-11-14/h7-13,18H,1-6H3. The van der Waals surface area contributed by atoms with E-state index < -0.39 is 5.92 Å². The molecule has 0 fully saturated rings. The summed E-state index contributed by atoms with van der Waals surface area (Å²) in [5.41, 5.74) is 2.49. The number of rotatable bonds is 1. The van der Waals surface area contributed by atoms with Gasteiger partial charge in [0.05, 0.1) is 5.92 Å². The second-order valence-electron chi connectivity index (χ2n) is 8.35. The van der Waals surface area contributed by atoms with Gasteiger partial charge in [0.15, 0.2) is 0 Å². The van der Waals surface area contributed by atoms with Gasteiger partial charge in [-0.25, -0.2) is 0 Å². The van der Waals surface area contributed by atoms with Crippen molar-refractivity contribution in [2.45, 2.75) is 41.5 Å². The van der Waals surface area contributed by atoms with Crippen LogP contribution in [0.3, 0.4) is 0 Å². The van der Waals surface area contributed by atoms with Gasteiger partial charge in [0.25, 0.3) is 0 Å². The van der Waals surface area contributed by atoms with Crippen molar-refractivity contribution in [2.75, 3.05) is 0 Å². The lowest BCUT2D eigenvalue weighted by Crippen LogP contribution is -2.40. The summed E-state index contributed by atoms with van der Waals surface area (Å²) in [7, 11) is 0. The van der Waals surface area contributed by atoms with Crippen molar-refractivity contribution in [3.63, 3.8) is 0 Å². The fourth-order valence-electron chi connectivity index (χ4n) is 3.12. The predicted molar refractivity (Wildman–Crippen MR) is 94.9 cm³/mol. The molecule has 0 radical (unpaired) electrons. The molecule has 122 valence electrons. The van der Waals surface area contributed by atoms with Gasteiger partial charge < -0.3 is 0 Å². The molecular formula is C21H26O2. The topological polar surface area (TPSA) is 34.1 Å². The predicted octanol–water partition coefficient (Wildman–Crippen LogP) is 4.86. The highest BCUT2D eigenvalue weighted by Gasteiger charge is 2.43. The Hall–Kier alpha value is -1.96. The fraction of sp³-hybridized carbons (Fsp3) is 0.429. The van der Waals surface area contributed by atoms with Gasteiger partial charge >= 0.3 is 0 Å². The summed E-state index contributed by atoms with van der Waals surface area (Å²) in [6.07, 6.45) is 3.61. The van der Waals surface area contributed by atoms with E-state index in [-0.39, 0.29) is 22.4 Å². The summed E-state index contributed by atoms with van der Waals surface area (Å²) in [6.45, 7) is 12.3. The molecule has 1 aliphatic carbocycles. The van der Waals surface area contributed by atoms with Crippen LogP contribution in [0.1, 0.15) is 47.1 Å². The summed E-state index contributed by atoms with van der Waals surface area (Å²) in [5, 5.41) is 0. The maximum atomic E-state index is 12.6. The van der Waals surface area contributed by atoms with Crippen molar-refractivity contribution in [2.24, 2.45) is 16.7 Å². The number of benzene rings is 1.